The minimum Gasteiger partial charge on any atom is -0.497 e. The van der Waals surface area contributed by atoms with E-state index in [0.717, 1.165) is 5.56 Å². The van der Waals surface area contributed by atoms with Gasteiger partial charge in [-0.25, -0.2) is 0 Å². The zero-order valence-corrected chi connectivity index (χ0v) is 11.2. The van der Waals surface area contributed by atoms with Crippen LogP contribution in [0.5, 0.6) is 11.5 Å². The van der Waals surface area contributed by atoms with Crippen molar-refractivity contribution in [3.8, 4) is 11.5 Å². The van der Waals surface area contributed by atoms with E-state index in [4.69, 9.17) is 9.47 Å². The molecule has 1 aromatic rings. The van der Waals surface area contributed by atoms with Crippen LogP contribution in [-0.4, -0.2) is 32.8 Å². The van der Waals surface area contributed by atoms with Crippen molar-refractivity contribution in [1.82, 2.24) is 5.32 Å². The first-order chi connectivity index (χ1) is 9.38. The second kappa shape index (κ2) is 7.02. The Bertz CT molecular complexity index is 461. The van der Waals surface area contributed by atoms with Crippen molar-refractivity contribution in [2.75, 3.05) is 20.8 Å². The van der Waals surface area contributed by atoms with Crippen molar-refractivity contribution < 1.29 is 27.4 Å². The van der Waals surface area contributed by atoms with Gasteiger partial charge in [-0.2, -0.15) is 13.2 Å². The molecule has 0 aliphatic carbocycles. The van der Waals surface area contributed by atoms with Gasteiger partial charge in [0, 0.05) is 6.54 Å². The molecule has 1 aromatic carbocycles. The summed E-state index contributed by atoms with van der Waals surface area (Å²) in [6, 6.07) is 5.21. The normalized spacial score (nSPS) is 11.1. The molecule has 0 unspecified atom stereocenters. The molecule has 0 saturated carbocycles. The molecule has 0 spiro atoms. The van der Waals surface area contributed by atoms with E-state index in [1.165, 1.54) is 14.2 Å². The van der Waals surface area contributed by atoms with Gasteiger partial charge < -0.3 is 14.8 Å². The molecule has 4 nitrogen and oxygen atoms in total. The third-order valence-corrected chi connectivity index (χ3v) is 2.65. The Morgan fingerprint density at radius 2 is 1.95 bits per heavy atom. The molecule has 112 valence electrons. The summed E-state index contributed by atoms with van der Waals surface area (Å²) in [5.41, 5.74) is 0.813. The van der Waals surface area contributed by atoms with Crippen LogP contribution in [0.1, 0.15) is 12.0 Å². The van der Waals surface area contributed by atoms with E-state index in [-0.39, 0.29) is 6.54 Å². The molecule has 1 amide bonds. The second-order valence-electron chi connectivity index (χ2n) is 4.03. The zero-order valence-electron chi connectivity index (χ0n) is 11.2. The van der Waals surface area contributed by atoms with Crippen molar-refractivity contribution in [3.05, 3.63) is 23.8 Å². The number of ether oxygens (including phenoxy) is 2. The van der Waals surface area contributed by atoms with Gasteiger partial charge in [0.2, 0.25) is 0 Å². The Morgan fingerprint density at radius 3 is 2.50 bits per heavy atom. The summed E-state index contributed by atoms with van der Waals surface area (Å²) < 4.78 is 46.1. The molecule has 0 aliphatic heterocycles. The molecule has 0 saturated heterocycles. The number of rotatable bonds is 6. The van der Waals surface area contributed by atoms with Crippen molar-refractivity contribution in [2.45, 2.75) is 19.0 Å². The molecule has 0 bridgehead atoms. The highest BCUT2D eigenvalue weighted by molar-refractivity contribution is 5.81. The Hall–Kier alpha value is -1.92. The number of hydrogen-bond acceptors (Lipinski definition) is 3. The monoisotopic (exact) mass is 291 g/mol. The van der Waals surface area contributed by atoms with E-state index in [1.54, 1.807) is 18.2 Å². The van der Waals surface area contributed by atoms with Crippen LogP contribution >= 0.6 is 0 Å². The van der Waals surface area contributed by atoms with E-state index >= 15 is 0 Å². The van der Waals surface area contributed by atoms with Crippen LogP contribution in [-0.2, 0) is 11.2 Å². The molecule has 1 rings (SSSR count). The lowest BCUT2D eigenvalue weighted by Gasteiger charge is -2.11. The van der Waals surface area contributed by atoms with Crippen molar-refractivity contribution in [2.24, 2.45) is 0 Å². The number of alkyl halides is 3. The van der Waals surface area contributed by atoms with E-state index in [2.05, 4.69) is 0 Å². The molecular formula is C13H16F3NO3. The standard InChI is InChI=1S/C13H16F3NO3/c1-19-10-5-6-11(20-2)9(8-10)4-3-7-17-12(18)13(14,15)16/h5-6,8H,3-4,7H2,1-2H3,(H,17,18). The smallest absolute Gasteiger partial charge is 0.471 e. The van der Waals surface area contributed by atoms with Crippen molar-refractivity contribution in [3.63, 3.8) is 0 Å². The predicted octanol–water partition coefficient (Wildman–Crippen LogP) is 2.31. The van der Waals surface area contributed by atoms with Gasteiger partial charge in [0.1, 0.15) is 11.5 Å². The highest BCUT2D eigenvalue weighted by atomic mass is 19.4. The van der Waals surface area contributed by atoms with Gasteiger partial charge in [0.15, 0.2) is 0 Å². The molecule has 1 N–H and O–H groups in total. The van der Waals surface area contributed by atoms with Crippen LogP contribution in [0, 0.1) is 0 Å². The van der Waals surface area contributed by atoms with Gasteiger partial charge in [0.05, 0.1) is 14.2 Å². The van der Waals surface area contributed by atoms with Crippen LogP contribution in [0.3, 0.4) is 0 Å². The second-order valence-corrected chi connectivity index (χ2v) is 4.03. The fraction of sp³-hybridized carbons (Fsp3) is 0.462. The Balaban J connectivity index is 2.51. The minimum atomic E-state index is -4.84. The van der Waals surface area contributed by atoms with Crippen LogP contribution in [0.15, 0.2) is 18.2 Å². The first kappa shape index (κ1) is 16.1. The van der Waals surface area contributed by atoms with Gasteiger partial charge in [-0.1, -0.05) is 0 Å². The quantitative estimate of drug-likeness (QED) is 0.818. The highest BCUT2D eigenvalue weighted by Crippen LogP contribution is 2.25. The Labute approximate surface area is 114 Å². The summed E-state index contributed by atoms with van der Waals surface area (Å²) in [5.74, 6) is -0.650. The summed E-state index contributed by atoms with van der Waals surface area (Å²) in [5, 5.41) is 1.82. The van der Waals surface area contributed by atoms with Crippen molar-refractivity contribution in [1.29, 1.82) is 0 Å². The van der Waals surface area contributed by atoms with Gasteiger partial charge in [0.25, 0.3) is 0 Å². The zero-order chi connectivity index (χ0) is 15.2. The van der Waals surface area contributed by atoms with Gasteiger partial charge >= 0.3 is 12.1 Å². The lowest BCUT2D eigenvalue weighted by atomic mass is 10.1. The van der Waals surface area contributed by atoms with E-state index < -0.39 is 12.1 Å². The Morgan fingerprint density at radius 1 is 1.25 bits per heavy atom. The molecule has 0 heterocycles. The SMILES string of the molecule is COc1ccc(OC)c(CCCNC(=O)C(F)(F)F)c1. The maximum Gasteiger partial charge on any atom is 0.471 e. The molecule has 0 aromatic heterocycles. The number of carbonyl (C=O) groups is 1. The molecule has 0 atom stereocenters. The Kier molecular flexibility index (Phi) is 5.66. The van der Waals surface area contributed by atoms with Gasteiger partial charge in [-0.3, -0.25) is 4.79 Å². The maximum absolute atomic E-state index is 12.0. The van der Waals surface area contributed by atoms with Gasteiger partial charge in [-0.15, -0.1) is 0 Å². The van der Waals surface area contributed by atoms with Crippen LogP contribution in [0.25, 0.3) is 0 Å². The average molecular weight is 291 g/mol. The summed E-state index contributed by atoms with van der Waals surface area (Å²) in [6.45, 7) is -0.0568. The number of hydrogen-bond donors (Lipinski definition) is 1. The molecule has 7 heteroatoms. The maximum atomic E-state index is 12.0. The lowest BCUT2D eigenvalue weighted by Crippen LogP contribution is -2.37. The molecule has 20 heavy (non-hydrogen) atoms. The topological polar surface area (TPSA) is 47.6 Å². The lowest BCUT2D eigenvalue weighted by molar-refractivity contribution is -0.173. The first-order valence-corrected chi connectivity index (χ1v) is 5.94. The summed E-state index contributed by atoms with van der Waals surface area (Å²) >= 11 is 0. The summed E-state index contributed by atoms with van der Waals surface area (Å²) in [4.78, 5) is 10.6. The fourth-order valence-electron chi connectivity index (χ4n) is 1.66. The van der Waals surface area contributed by atoms with Crippen LogP contribution < -0.4 is 14.8 Å². The van der Waals surface area contributed by atoms with E-state index in [1.807, 2.05) is 5.32 Å². The van der Waals surface area contributed by atoms with Crippen LogP contribution in [0.2, 0.25) is 0 Å². The molecule has 0 radical (unpaired) electrons. The van der Waals surface area contributed by atoms with Crippen LogP contribution in [0.4, 0.5) is 13.2 Å². The first-order valence-electron chi connectivity index (χ1n) is 5.94. The van der Waals surface area contributed by atoms with Crippen molar-refractivity contribution >= 4 is 5.91 Å². The third-order valence-electron chi connectivity index (χ3n) is 2.65. The molecule has 0 aliphatic rings. The predicted molar refractivity (Wildman–Crippen MR) is 66.9 cm³/mol. The molecular weight excluding hydrogens is 275 g/mol. The number of amides is 1. The summed E-state index contributed by atoms with van der Waals surface area (Å²) in [7, 11) is 3.03. The minimum absolute atomic E-state index is 0.0568. The largest absolute Gasteiger partial charge is 0.497 e. The number of carbonyl (C=O) groups excluding carboxylic acids is 1. The average Bonchev–Trinajstić information content (AvgIpc) is 2.41. The van der Waals surface area contributed by atoms with Gasteiger partial charge in [-0.05, 0) is 36.6 Å². The number of methoxy groups -OCH3 is 2. The third kappa shape index (κ3) is 4.64. The number of benzene rings is 1. The number of halogens is 3. The van der Waals surface area contributed by atoms with E-state index in [9.17, 15) is 18.0 Å². The number of nitrogens with one attached hydrogen (secondary N) is 1. The highest BCUT2D eigenvalue weighted by Gasteiger charge is 2.38. The fourth-order valence-corrected chi connectivity index (χ4v) is 1.66. The summed E-state index contributed by atoms with van der Waals surface area (Å²) in [6.07, 6.45) is -4.00. The number of aryl methyl sites for hydroxylation is 1. The molecule has 0 fully saturated rings. The van der Waals surface area contributed by atoms with E-state index in [0.29, 0.717) is 24.3 Å².